The molecule has 1 fully saturated rings. The largest absolute Gasteiger partial charge is 0.396 e. The topological polar surface area (TPSA) is 92.4 Å². The van der Waals surface area contributed by atoms with Crippen LogP contribution in [0.2, 0.25) is 5.28 Å². The van der Waals surface area contributed by atoms with Crippen LogP contribution in [0, 0.1) is 17.0 Å². The lowest BCUT2D eigenvalue weighted by Crippen LogP contribution is -2.41. The second-order valence-corrected chi connectivity index (χ2v) is 5.20. The molecule has 0 saturated carbocycles. The Labute approximate surface area is 121 Å². The van der Waals surface area contributed by atoms with Crippen LogP contribution in [0.3, 0.4) is 0 Å². The van der Waals surface area contributed by atoms with Gasteiger partial charge >= 0.3 is 5.69 Å². The number of nitro groups is 1. The molecule has 1 N–H and O–H groups in total. The molecule has 20 heavy (non-hydrogen) atoms. The number of nitrogens with zero attached hydrogens (tertiary/aromatic N) is 4. The molecular weight excluding hydrogens is 284 g/mol. The number of aliphatic hydroxyl groups excluding tert-OH is 1. The van der Waals surface area contributed by atoms with Gasteiger partial charge in [0, 0.05) is 19.2 Å². The molecule has 1 saturated heterocycles. The van der Waals surface area contributed by atoms with Gasteiger partial charge in [0.2, 0.25) is 11.1 Å². The highest BCUT2D eigenvalue weighted by atomic mass is 35.5. The van der Waals surface area contributed by atoms with Gasteiger partial charge in [-0.3, -0.25) is 10.1 Å². The van der Waals surface area contributed by atoms with Gasteiger partial charge in [-0.05, 0) is 44.2 Å². The van der Waals surface area contributed by atoms with E-state index in [1.165, 1.54) is 0 Å². The molecule has 7 nitrogen and oxygen atoms in total. The fourth-order valence-corrected chi connectivity index (χ4v) is 2.87. The van der Waals surface area contributed by atoms with Crippen molar-refractivity contribution in [2.45, 2.75) is 38.6 Å². The van der Waals surface area contributed by atoms with Crippen molar-refractivity contribution in [3.8, 4) is 0 Å². The van der Waals surface area contributed by atoms with E-state index in [0.29, 0.717) is 13.0 Å². The monoisotopic (exact) mass is 300 g/mol. The summed E-state index contributed by atoms with van der Waals surface area (Å²) in [6.45, 7) is 2.28. The first kappa shape index (κ1) is 14.9. The maximum Gasteiger partial charge on any atom is 0.332 e. The highest BCUT2D eigenvalue weighted by molar-refractivity contribution is 6.28. The van der Waals surface area contributed by atoms with Crippen LogP contribution in [-0.4, -0.2) is 39.2 Å². The van der Waals surface area contributed by atoms with Crippen LogP contribution in [0.1, 0.15) is 31.4 Å². The minimum Gasteiger partial charge on any atom is -0.396 e. The Morgan fingerprint density at radius 2 is 2.25 bits per heavy atom. The summed E-state index contributed by atoms with van der Waals surface area (Å²) in [5, 5.41) is 20.4. The van der Waals surface area contributed by atoms with E-state index in [-0.39, 0.29) is 35.1 Å². The van der Waals surface area contributed by atoms with Crippen LogP contribution < -0.4 is 4.90 Å². The quantitative estimate of drug-likeness (QED) is 0.520. The molecule has 0 spiro atoms. The minimum absolute atomic E-state index is 0.0106. The Morgan fingerprint density at radius 1 is 1.50 bits per heavy atom. The van der Waals surface area contributed by atoms with Gasteiger partial charge in [0.25, 0.3) is 0 Å². The zero-order chi connectivity index (χ0) is 14.7. The highest BCUT2D eigenvalue weighted by Crippen LogP contribution is 2.34. The lowest BCUT2D eigenvalue weighted by molar-refractivity contribution is -0.385. The van der Waals surface area contributed by atoms with Crippen molar-refractivity contribution in [1.82, 2.24) is 9.97 Å². The van der Waals surface area contributed by atoms with Crippen molar-refractivity contribution >= 4 is 23.1 Å². The molecular formula is C12H17ClN4O3. The molecule has 1 unspecified atom stereocenters. The maximum atomic E-state index is 11.3. The Kier molecular flexibility index (Phi) is 4.72. The molecule has 0 bridgehead atoms. The average molecular weight is 301 g/mol. The van der Waals surface area contributed by atoms with E-state index in [2.05, 4.69) is 9.97 Å². The SMILES string of the molecule is Cc1nc(Cl)nc(N2CCCCC2CCO)c1[N+](=O)[O-]. The van der Waals surface area contributed by atoms with Crippen molar-refractivity contribution in [3.63, 3.8) is 0 Å². The van der Waals surface area contributed by atoms with Gasteiger partial charge in [-0.15, -0.1) is 0 Å². The van der Waals surface area contributed by atoms with E-state index in [4.69, 9.17) is 16.7 Å². The molecule has 0 radical (unpaired) electrons. The normalized spacial score (nSPS) is 19.1. The van der Waals surface area contributed by atoms with Crippen LogP contribution in [0.4, 0.5) is 11.5 Å². The number of hydrogen-bond donors (Lipinski definition) is 1. The number of halogens is 1. The lowest BCUT2D eigenvalue weighted by atomic mass is 9.99. The number of aromatic nitrogens is 2. The zero-order valence-corrected chi connectivity index (χ0v) is 12.0. The zero-order valence-electron chi connectivity index (χ0n) is 11.3. The summed E-state index contributed by atoms with van der Waals surface area (Å²) in [5.41, 5.74) is 0.164. The summed E-state index contributed by atoms with van der Waals surface area (Å²) < 4.78 is 0. The standard InChI is InChI=1S/C12H17ClN4O3/c1-8-10(17(19)20)11(15-12(13)14-8)16-6-3-2-4-9(16)5-7-18/h9,18H,2-7H2,1H3. The third-order valence-corrected chi connectivity index (χ3v) is 3.73. The van der Waals surface area contributed by atoms with E-state index in [1.807, 2.05) is 4.90 Å². The van der Waals surface area contributed by atoms with Crippen LogP contribution >= 0.6 is 11.6 Å². The van der Waals surface area contributed by atoms with Gasteiger partial charge in [0.1, 0.15) is 5.69 Å². The van der Waals surface area contributed by atoms with Gasteiger partial charge in [0.15, 0.2) is 0 Å². The summed E-state index contributed by atoms with van der Waals surface area (Å²) >= 11 is 5.85. The van der Waals surface area contributed by atoms with Crippen LogP contribution in [0.5, 0.6) is 0 Å². The molecule has 1 aromatic heterocycles. The Morgan fingerprint density at radius 3 is 2.90 bits per heavy atom. The van der Waals surface area contributed by atoms with Gasteiger partial charge in [-0.25, -0.2) is 4.98 Å². The first-order valence-corrected chi connectivity index (χ1v) is 6.98. The molecule has 1 aromatic rings. The summed E-state index contributed by atoms with van der Waals surface area (Å²) in [7, 11) is 0. The van der Waals surface area contributed by atoms with Crippen molar-refractivity contribution in [2.75, 3.05) is 18.1 Å². The first-order chi connectivity index (χ1) is 9.54. The van der Waals surface area contributed by atoms with Crippen LogP contribution in [0.25, 0.3) is 0 Å². The van der Waals surface area contributed by atoms with Gasteiger partial charge in [-0.1, -0.05) is 0 Å². The molecule has 2 rings (SSSR count). The molecule has 1 atom stereocenters. The van der Waals surface area contributed by atoms with E-state index in [1.54, 1.807) is 6.92 Å². The summed E-state index contributed by atoms with van der Waals surface area (Å²) in [6.07, 6.45) is 3.45. The molecule has 2 heterocycles. The van der Waals surface area contributed by atoms with Crippen molar-refractivity contribution in [3.05, 3.63) is 21.1 Å². The summed E-state index contributed by atoms with van der Waals surface area (Å²) in [4.78, 5) is 20.6. The smallest absolute Gasteiger partial charge is 0.332 e. The molecule has 1 aliphatic rings. The van der Waals surface area contributed by atoms with E-state index < -0.39 is 4.92 Å². The summed E-state index contributed by atoms with van der Waals surface area (Å²) in [6, 6.07) is 0.0535. The molecule has 1 aliphatic heterocycles. The first-order valence-electron chi connectivity index (χ1n) is 6.60. The maximum absolute atomic E-state index is 11.3. The van der Waals surface area contributed by atoms with E-state index in [0.717, 1.165) is 19.3 Å². The fourth-order valence-electron chi connectivity index (χ4n) is 2.66. The predicted molar refractivity (Wildman–Crippen MR) is 75.1 cm³/mol. The number of piperidine rings is 1. The molecule has 0 amide bonds. The second-order valence-electron chi connectivity index (χ2n) is 4.86. The Balaban J connectivity index is 2.46. The third kappa shape index (κ3) is 2.99. The van der Waals surface area contributed by atoms with E-state index in [9.17, 15) is 10.1 Å². The van der Waals surface area contributed by atoms with Crippen molar-refractivity contribution in [1.29, 1.82) is 0 Å². The van der Waals surface area contributed by atoms with Gasteiger partial charge in [-0.2, -0.15) is 4.98 Å². The number of aliphatic hydroxyl groups is 1. The molecule has 0 aliphatic carbocycles. The minimum atomic E-state index is -0.467. The summed E-state index contributed by atoms with van der Waals surface area (Å²) in [5.74, 6) is 0.269. The van der Waals surface area contributed by atoms with Crippen LogP contribution in [0.15, 0.2) is 0 Å². The van der Waals surface area contributed by atoms with Gasteiger partial charge < -0.3 is 10.0 Å². The molecule has 0 aromatic carbocycles. The van der Waals surface area contributed by atoms with Crippen molar-refractivity contribution in [2.24, 2.45) is 0 Å². The second kappa shape index (κ2) is 6.32. The predicted octanol–water partition coefficient (Wildman–Crippen LogP) is 2.09. The Hall–Kier alpha value is -1.47. The van der Waals surface area contributed by atoms with Crippen molar-refractivity contribution < 1.29 is 10.0 Å². The number of rotatable bonds is 4. The fraction of sp³-hybridized carbons (Fsp3) is 0.667. The third-order valence-electron chi connectivity index (χ3n) is 3.56. The average Bonchev–Trinajstić information content (AvgIpc) is 2.38. The number of anilines is 1. The van der Waals surface area contributed by atoms with Gasteiger partial charge in [0.05, 0.1) is 4.92 Å². The number of aryl methyl sites for hydroxylation is 1. The molecule has 8 heteroatoms. The highest BCUT2D eigenvalue weighted by Gasteiger charge is 2.31. The van der Waals surface area contributed by atoms with E-state index >= 15 is 0 Å². The number of hydrogen-bond acceptors (Lipinski definition) is 6. The molecule has 110 valence electrons. The Bertz CT molecular complexity index is 510. The lowest BCUT2D eigenvalue weighted by Gasteiger charge is -2.36. The van der Waals surface area contributed by atoms with Crippen LogP contribution in [-0.2, 0) is 0 Å².